The van der Waals surface area contributed by atoms with Crippen LogP contribution in [0.15, 0.2) is 51.9 Å². The zero-order valence-electron chi connectivity index (χ0n) is 13.2. The Balaban J connectivity index is 1.49. The molecule has 0 spiro atoms. The average Bonchev–Trinajstić information content (AvgIpc) is 3.22. The molecule has 1 saturated carbocycles. The number of nitrogens with two attached hydrogens (primary N) is 1. The summed E-state index contributed by atoms with van der Waals surface area (Å²) in [6, 6.07) is 6.51. The number of aromatic nitrogens is 2. The topological polar surface area (TPSA) is 99.1 Å². The van der Waals surface area contributed by atoms with Gasteiger partial charge < -0.3 is 4.52 Å². The van der Waals surface area contributed by atoms with Gasteiger partial charge in [0.05, 0.1) is 4.90 Å². The minimum absolute atomic E-state index is 0.0894. The Morgan fingerprint density at radius 2 is 1.96 bits per heavy atom. The Kier molecular flexibility index (Phi) is 3.81. The molecule has 0 amide bonds. The lowest BCUT2D eigenvalue weighted by molar-refractivity contribution is 0.374. The van der Waals surface area contributed by atoms with E-state index in [-0.39, 0.29) is 23.2 Å². The van der Waals surface area contributed by atoms with Gasteiger partial charge in [-0.3, -0.25) is 0 Å². The summed E-state index contributed by atoms with van der Waals surface area (Å²) >= 11 is 0. The molecule has 25 heavy (non-hydrogen) atoms. The zero-order valence-corrected chi connectivity index (χ0v) is 14.0. The molecular formula is C17H16FN3O3S. The summed E-state index contributed by atoms with van der Waals surface area (Å²) in [6.45, 7) is 0. The molecule has 2 N–H and O–H groups in total. The fourth-order valence-corrected chi connectivity index (χ4v) is 3.58. The summed E-state index contributed by atoms with van der Waals surface area (Å²) in [4.78, 5) is 4.49. The molecular weight excluding hydrogens is 345 g/mol. The molecule has 0 bridgehead atoms. The Bertz CT molecular complexity index is 963. The number of sulfonamides is 1. The summed E-state index contributed by atoms with van der Waals surface area (Å²) in [7, 11) is -3.69. The van der Waals surface area contributed by atoms with Crippen molar-refractivity contribution in [3.05, 3.63) is 59.8 Å². The largest absolute Gasteiger partial charge is 0.339 e. The van der Waals surface area contributed by atoms with Crippen molar-refractivity contribution in [2.45, 2.75) is 35.7 Å². The van der Waals surface area contributed by atoms with Gasteiger partial charge in [-0.2, -0.15) is 4.98 Å². The van der Waals surface area contributed by atoms with E-state index in [1.807, 2.05) is 0 Å². The SMILES string of the molecule is NS(=O)(=O)c1ccc([C@@H]2C[C@H]2c2nc(C3=CC=CC(F)C3)no2)cc1. The smallest absolute Gasteiger partial charge is 0.238 e. The number of halogens is 1. The van der Waals surface area contributed by atoms with Gasteiger partial charge in [-0.05, 0) is 30.0 Å². The molecule has 2 aliphatic carbocycles. The van der Waals surface area contributed by atoms with Crippen LogP contribution in [0.5, 0.6) is 0 Å². The molecule has 3 atom stereocenters. The van der Waals surface area contributed by atoms with E-state index in [2.05, 4.69) is 10.1 Å². The van der Waals surface area contributed by atoms with Crippen molar-refractivity contribution in [3.8, 4) is 0 Å². The Morgan fingerprint density at radius 3 is 2.64 bits per heavy atom. The monoisotopic (exact) mass is 361 g/mol. The minimum Gasteiger partial charge on any atom is -0.339 e. The molecule has 2 aromatic rings. The molecule has 0 aliphatic heterocycles. The summed E-state index contributed by atoms with van der Waals surface area (Å²) in [5.74, 6) is 1.26. The highest BCUT2D eigenvalue weighted by atomic mass is 32.2. The number of allylic oxidation sites excluding steroid dienone is 4. The maximum absolute atomic E-state index is 13.4. The molecule has 4 rings (SSSR count). The van der Waals surface area contributed by atoms with Crippen molar-refractivity contribution in [2.24, 2.45) is 5.14 Å². The van der Waals surface area contributed by atoms with Crippen molar-refractivity contribution in [2.75, 3.05) is 0 Å². The molecule has 1 aromatic carbocycles. The van der Waals surface area contributed by atoms with Crippen LogP contribution < -0.4 is 5.14 Å². The predicted octanol–water partition coefficient (Wildman–Crippen LogP) is 2.67. The summed E-state index contributed by atoms with van der Waals surface area (Å²) in [5.41, 5.74) is 1.72. The van der Waals surface area contributed by atoms with Gasteiger partial charge in [0.15, 0.2) is 5.82 Å². The molecule has 1 aromatic heterocycles. The van der Waals surface area contributed by atoms with Gasteiger partial charge in [-0.15, -0.1) is 0 Å². The van der Waals surface area contributed by atoms with Gasteiger partial charge in [0.25, 0.3) is 0 Å². The molecule has 2 aliphatic rings. The highest BCUT2D eigenvalue weighted by Gasteiger charge is 2.43. The average molecular weight is 361 g/mol. The lowest BCUT2D eigenvalue weighted by atomic mass is 10.0. The van der Waals surface area contributed by atoms with Crippen LogP contribution in [0.4, 0.5) is 4.39 Å². The second-order valence-electron chi connectivity index (χ2n) is 6.32. The van der Waals surface area contributed by atoms with Gasteiger partial charge in [-0.25, -0.2) is 17.9 Å². The lowest BCUT2D eigenvalue weighted by Crippen LogP contribution is -2.11. The maximum Gasteiger partial charge on any atom is 0.238 e. The van der Waals surface area contributed by atoms with E-state index in [0.717, 1.165) is 17.6 Å². The van der Waals surface area contributed by atoms with Crippen LogP contribution in [-0.4, -0.2) is 24.7 Å². The normalized spacial score (nSPS) is 25.7. The van der Waals surface area contributed by atoms with E-state index in [9.17, 15) is 12.8 Å². The van der Waals surface area contributed by atoms with Gasteiger partial charge in [0.2, 0.25) is 15.9 Å². The first-order chi connectivity index (χ1) is 11.9. The van der Waals surface area contributed by atoms with Crippen molar-refractivity contribution in [1.82, 2.24) is 10.1 Å². The predicted molar refractivity (Wildman–Crippen MR) is 88.8 cm³/mol. The molecule has 6 nitrogen and oxygen atoms in total. The summed E-state index contributed by atoms with van der Waals surface area (Å²) in [5, 5.41) is 9.06. The Morgan fingerprint density at radius 1 is 1.20 bits per heavy atom. The van der Waals surface area contributed by atoms with Crippen LogP contribution in [0.25, 0.3) is 5.57 Å². The molecule has 1 fully saturated rings. The molecule has 130 valence electrons. The van der Waals surface area contributed by atoms with E-state index >= 15 is 0 Å². The van der Waals surface area contributed by atoms with Crippen LogP contribution in [-0.2, 0) is 10.0 Å². The van der Waals surface area contributed by atoms with Crippen molar-refractivity contribution in [3.63, 3.8) is 0 Å². The maximum atomic E-state index is 13.4. The van der Waals surface area contributed by atoms with Crippen LogP contribution in [0, 0.1) is 0 Å². The first kappa shape index (κ1) is 16.2. The second kappa shape index (κ2) is 5.89. The van der Waals surface area contributed by atoms with E-state index in [1.165, 1.54) is 18.2 Å². The first-order valence-corrected chi connectivity index (χ1v) is 9.44. The molecule has 1 unspecified atom stereocenters. The number of hydrogen-bond acceptors (Lipinski definition) is 5. The minimum atomic E-state index is -3.69. The summed E-state index contributed by atoms with van der Waals surface area (Å²) in [6.07, 6.45) is 5.02. The second-order valence-corrected chi connectivity index (χ2v) is 7.88. The molecule has 0 saturated heterocycles. The number of primary sulfonamides is 1. The third kappa shape index (κ3) is 3.27. The highest BCUT2D eigenvalue weighted by molar-refractivity contribution is 7.89. The number of alkyl halides is 1. The van der Waals surface area contributed by atoms with Crippen molar-refractivity contribution >= 4 is 15.6 Å². The number of hydrogen-bond donors (Lipinski definition) is 1. The fourth-order valence-electron chi connectivity index (χ4n) is 3.06. The van der Waals surface area contributed by atoms with Gasteiger partial charge >= 0.3 is 0 Å². The van der Waals surface area contributed by atoms with E-state index in [1.54, 1.807) is 24.3 Å². The summed E-state index contributed by atoms with van der Waals surface area (Å²) < 4.78 is 41.4. The third-order valence-electron chi connectivity index (χ3n) is 4.51. The molecule has 8 heteroatoms. The lowest BCUT2D eigenvalue weighted by Gasteiger charge is -2.07. The zero-order chi connectivity index (χ0) is 17.6. The molecule has 0 radical (unpaired) electrons. The number of rotatable bonds is 4. The fraction of sp³-hybridized carbons (Fsp3) is 0.294. The Labute approximate surface area is 144 Å². The van der Waals surface area contributed by atoms with Gasteiger partial charge in [0.1, 0.15) is 6.17 Å². The Hall–Kier alpha value is -2.32. The van der Waals surface area contributed by atoms with Crippen molar-refractivity contribution < 1.29 is 17.3 Å². The van der Waals surface area contributed by atoms with E-state index in [4.69, 9.17) is 9.66 Å². The quantitative estimate of drug-likeness (QED) is 0.902. The first-order valence-electron chi connectivity index (χ1n) is 7.90. The van der Waals surface area contributed by atoms with Crippen molar-refractivity contribution in [1.29, 1.82) is 0 Å². The van der Waals surface area contributed by atoms with Gasteiger partial charge in [0, 0.05) is 17.9 Å². The highest BCUT2D eigenvalue weighted by Crippen LogP contribution is 2.54. The molecule has 1 heterocycles. The third-order valence-corrected chi connectivity index (χ3v) is 5.43. The number of nitrogens with zero attached hydrogens (tertiary/aromatic N) is 2. The van der Waals surface area contributed by atoms with Gasteiger partial charge in [-0.1, -0.05) is 35.5 Å². The van der Waals surface area contributed by atoms with Crippen LogP contribution in [0.3, 0.4) is 0 Å². The van der Waals surface area contributed by atoms with Crippen LogP contribution in [0.1, 0.15) is 42.0 Å². The van der Waals surface area contributed by atoms with Crippen LogP contribution >= 0.6 is 0 Å². The number of benzene rings is 1. The van der Waals surface area contributed by atoms with Crippen LogP contribution in [0.2, 0.25) is 0 Å². The van der Waals surface area contributed by atoms with E-state index in [0.29, 0.717) is 11.7 Å². The standard InChI is InChI=1S/C17H16FN3O3S/c18-12-3-1-2-11(8-12)16-20-17(24-21-16)15-9-14(15)10-4-6-13(7-5-10)25(19,22)23/h1-7,12,14-15H,8-9H2,(H2,19,22,23)/t12?,14-,15+/m0/s1. The van der Waals surface area contributed by atoms with E-state index < -0.39 is 16.2 Å².